The number of hydrogen-bond acceptors (Lipinski definition) is 6. The molecule has 7 heteroatoms. The van der Waals surface area contributed by atoms with Gasteiger partial charge in [-0.15, -0.1) is 0 Å². The molecule has 0 radical (unpaired) electrons. The third kappa shape index (κ3) is 24.6. The van der Waals surface area contributed by atoms with Gasteiger partial charge < -0.3 is 19.3 Å². The van der Waals surface area contributed by atoms with Crippen LogP contribution in [0.5, 0.6) is 0 Å². The van der Waals surface area contributed by atoms with E-state index in [0.29, 0.717) is 12.2 Å². The van der Waals surface area contributed by atoms with Gasteiger partial charge in [-0.2, -0.15) is 0 Å². The third-order valence-corrected chi connectivity index (χ3v) is 2.04. The zero-order valence-corrected chi connectivity index (χ0v) is 14.9. The Bertz CT molecular complexity index is 413. The lowest BCUT2D eigenvalue weighted by molar-refractivity contribution is -0.164. The van der Waals surface area contributed by atoms with E-state index in [9.17, 15) is 14.4 Å². The van der Waals surface area contributed by atoms with Crippen molar-refractivity contribution < 1.29 is 33.7 Å². The van der Waals surface area contributed by atoms with Gasteiger partial charge in [0.05, 0.1) is 6.61 Å². The summed E-state index contributed by atoms with van der Waals surface area (Å²) in [6.07, 6.45) is 3.49. The zero-order valence-electron chi connectivity index (χ0n) is 14.9. The van der Waals surface area contributed by atoms with Gasteiger partial charge >= 0.3 is 17.9 Å². The standard InChI is InChI=1S/C7H12O3.C7H12O2.C3H4O2/c1-5(2)7(8)10-6(3)9-4;1-3-5-6-9-7(8)4-2;1-2-3(4)5/h6H,1H2,2-4H3;4H,2-3,5-6H2,1H3;2H,1H2,(H,4,5). The van der Waals surface area contributed by atoms with Gasteiger partial charge in [-0.05, 0) is 20.3 Å². The summed E-state index contributed by atoms with van der Waals surface area (Å²) in [5.41, 5.74) is 0.379. The third-order valence-electron chi connectivity index (χ3n) is 2.04. The first-order chi connectivity index (χ1) is 11.2. The van der Waals surface area contributed by atoms with Crippen molar-refractivity contribution in [3.05, 3.63) is 37.5 Å². The Morgan fingerprint density at radius 3 is 2.00 bits per heavy atom. The molecule has 1 unspecified atom stereocenters. The number of rotatable bonds is 8. The van der Waals surface area contributed by atoms with E-state index in [1.807, 2.05) is 6.92 Å². The van der Waals surface area contributed by atoms with Gasteiger partial charge in [0.1, 0.15) is 0 Å². The van der Waals surface area contributed by atoms with Gasteiger partial charge in [-0.1, -0.05) is 33.1 Å². The largest absolute Gasteiger partial charge is 0.478 e. The molecule has 0 aliphatic rings. The van der Waals surface area contributed by atoms with Crippen LogP contribution in [0.4, 0.5) is 0 Å². The van der Waals surface area contributed by atoms with Gasteiger partial charge in [0.25, 0.3) is 0 Å². The molecule has 0 aromatic rings. The number of hydrogen-bond donors (Lipinski definition) is 1. The van der Waals surface area contributed by atoms with Crippen LogP contribution in [0.3, 0.4) is 0 Å². The van der Waals surface area contributed by atoms with E-state index < -0.39 is 18.2 Å². The predicted molar refractivity (Wildman–Crippen MR) is 91.3 cm³/mol. The Morgan fingerprint density at radius 1 is 1.21 bits per heavy atom. The van der Waals surface area contributed by atoms with E-state index in [2.05, 4.69) is 29.2 Å². The second kappa shape index (κ2) is 18.6. The van der Waals surface area contributed by atoms with Gasteiger partial charge in [0, 0.05) is 24.8 Å². The van der Waals surface area contributed by atoms with Crippen LogP contribution in [0.1, 0.15) is 33.6 Å². The van der Waals surface area contributed by atoms with Crippen molar-refractivity contribution in [1.82, 2.24) is 0 Å². The van der Waals surface area contributed by atoms with Crippen LogP contribution in [-0.2, 0) is 28.6 Å². The average Bonchev–Trinajstić information content (AvgIpc) is 2.55. The summed E-state index contributed by atoms with van der Waals surface area (Å²) < 4.78 is 14.1. The molecule has 0 aliphatic carbocycles. The van der Waals surface area contributed by atoms with Gasteiger partial charge in [-0.3, -0.25) is 0 Å². The Morgan fingerprint density at radius 2 is 1.71 bits per heavy atom. The lowest BCUT2D eigenvalue weighted by atomic mass is 10.4. The molecule has 0 spiro atoms. The van der Waals surface area contributed by atoms with Crippen molar-refractivity contribution in [2.75, 3.05) is 13.7 Å². The molecular weight excluding hydrogens is 316 g/mol. The van der Waals surface area contributed by atoms with Crippen molar-refractivity contribution in [2.24, 2.45) is 0 Å². The molecule has 0 rings (SSSR count). The van der Waals surface area contributed by atoms with Crippen LogP contribution < -0.4 is 0 Å². The maximum absolute atomic E-state index is 10.7. The van der Waals surface area contributed by atoms with E-state index in [-0.39, 0.29) is 5.97 Å². The molecule has 1 N–H and O–H groups in total. The number of methoxy groups -OCH3 is 1. The molecule has 7 nitrogen and oxygen atoms in total. The summed E-state index contributed by atoms with van der Waals surface area (Å²) in [6.45, 7) is 15.4. The van der Waals surface area contributed by atoms with Crippen LogP contribution in [0.15, 0.2) is 37.5 Å². The lowest BCUT2D eigenvalue weighted by Crippen LogP contribution is -2.16. The fourth-order valence-corrected chi connectivity index (χ4v) is 0.675. The molecule has 0 saturated heterocycles. The lowest BCUT2D eigenvalue weighted by Gasteiger charge is -2.09. The highest BCUT2D eigenvalue weighted by Crippen LogP contribution is 1.97. The molecule has 1 atom stereocenters. The first-order valence-electron chi connectivity index (χ1n) is 7.19. The highest BCUT2D eigenvalue weighted by molar-refractivity contribution is 5.87. The highest BCUT2D eigenvalue weighted by atomic mass is 16.7. The summed E-state index contributed by atoms with van der Waals surface area (Å²) >= 11 is 0. The number of carbonyl (C=O) groups is 3. The van der Waals surface area contributed by atoms with Crippen LogP contribution in [0.25, 0.3) is 0 Å². The smallest absolute Gasteiger partial charge is 0.335 e. The van der Waals surface area contributed by atoms with E-state index in [1.165, 1.54) is 13.2 Å². The molecule has 138 valence electrons. The highest BCUT2D eigenvalue weighted by Gasteiger charge is 2.07. The summed E-state index contributed by atoms with van der Waals surface area (Å²) in [4.78, 5) is 30.3. The van der Waals surface area contributed by atoms with Crippen molar-refractivity contribution in [3.63, 3.8) is 0 Å². The monoisotopic (exact) mass is 344 g/mol. The first-order valence-corrected chi connectivity index (χ1v) is 7.19. The second-order valence-corrected chi connectivity index (χ2v) is 4.26. The number of carbonyl (C=O) groups excluding carboxylic acids is 2. The SMILES string of the molecule is C=C(C)C(=O)OC(C)OC.C=CC(=O)O.C=CC(=O)OCCCC. The minimum Gasteiger partial charge on any atom is -0.478 e. The van der Waals surface area contributed by atoms with Gasteiger partial charge in [-0.25, -0.2) is 14.4 Å². The van der Waals surface area contributed by atoms with Gasteiger partial charge in [0.2, 0.25) is 0 Å². The van der Waals surface area contributed by atoms with Crippen molar-refractivity contribution >= 4 is 17.9 Å². The van der Waals surface area contributed by atoms with E-state index >= 15 is 0 Å². The molecule has 0 bridgehead atoms. The van der Waals surface area contributed by atoms with Crippen molar-refractivity contribution in [1.29, 1.82) is 0 Å². The van der Waals surface area contributed by atoms with Crippen LogP contribution in [0.2, 0.25) is 0 Å². The maximum atomic E-state index is 10.7. The number of esters is 2. The Labute approximate surface area is 143 Å². The normalized spacial score (nSPS) is 9.67. The first kappa shape index (κ1) is 26.5. The summed E-state index contributed by atoms with van der Waals surface area (Å²) in [6, 6.07) is 0. The van der Waals surface area contributed by atoms with E-state index in [1.54, 1.807) is 13.8 Å². The topological polar surface area (TPSA) is 99.1 Å². The zero-order chi connectivity index (χ0) is 19.5. The fraction of sp³-hybridized carbons (Fsp3) is 0.471. The Hall–Kier alpha value is -2.41. The molecular formula is C17H28O7. The molecule has 0 aromatic heterocycles. The number of aliphatic carboxylic acids is 1. The van der Waals surface area contributed by atoms with E-state index in [0.717, 1.165) is 18.9 Å². The molecule has 24 heavy (non-hydrogen) atoms. The predicted octanol–water partition coefficient (Wildman–Crippen LogP) is 2.87. The van der Waals surface area contributed by atoms with Crippen molar-refractivity contribution in [2.45, 2.75) is 39.9 Å². The molecule has 0 aliphatic heterocycles. The summed E-state index contributed by atoms with van der Waals surface area (Å²) in [5, 5.41) is 7.60. The summed E-state index contributed by atoms with van der Waals surface area (Å²) in [7, 11) is 1.47. The van der Waals surface area contributed by atoms with Crippen LogP contribution in [0, 0.1) is 0 Å². The number of carboxylic acids is 1. The van der Waals surface area contributed by atoms with Crippen LogP contribution >= 0.6 is 0 Å². The molecule has 0 fully saturated rings. The summed E-state index contributed by atoms with van der Waals surface area (Å²) in [5.74, 6) is -1.73. The van der Waals surface area contributed by atoms with Gasteiger partial charge in [0.15, 0.2) is 6.29 Å². The second-order valence-electron chi connectivity index (χ2n) is 4.26. The number of carboxylic acid groups (broad SMARTS) is 1. The number of ether oxygens (including phenoxy) is 3. The molecule has 0 heterocycles. The van der Waals surface area contributed by atoms with E-state index in [4.69, 9.17) is 9.84 Å². The average molecular weight is 344 g/mol. The quantitative estimate of drug-likeness (QED) is 0.313. The molecule has 0 aromatic carbocycles. The maximum Gasteiger partial charge on any atom is 0.335 e. The molecule has 0 amide bonds. The number of unbranched alkanes of at least 4 members (excludes halogenated alkanes) is 1. The minimum absolute atomic E-state index is 0.330. The Kier molecular flexibility index (Phi) is 20.6. The van der Waals surface area contributed by atoms with Crippen molar-refractivity contribution in [3.8, 4) is 0 Å². The van der Waals surface area contributed by atoms with Crippen LogP contribution in [-0.4, -0.2) is 43.0 Å². The fourth-order valence-electron chi connectivity index (χ4n) is 0.675. The Balaban J connectivity index is -0.000000291. The molecule has 0 saturated carbocycles. The minimum atomic E-state index is -0.981.